The van der Waals surface area contributed by atoms with Crippen molar-refractivity contribution in [2.75, 3.05) is 14.2 Å². The lowest BCUT2D eigenvalue weighted by Gasteiger charge is -2.10. The van der Waals surface area contributed by atoms with Gasteiger partial charge in [-0.2, -0.15) is 23.4 Å². The molecule has 0 unspecified atom stereocenters. The first-order chi connectivity index (χ1) is 11.0. The molecular formula is C14H18N4O4S. The molecule has 0 radical (unpaired) electrons. The number of hydrazone groups is 1. The molecule has 9 heteroatoms. The molecule has 0 spiro atoms. The van der Waals surface area contributed by atoms with Gasteiger partial charge >= 0.3 is 0 Å². The van der Waals surface area contributed by atoms with Crippen LogP contribution in [-0.2, 0) is 16.6 Å². The summed E-state index contributed by atoms with van der Waals surface area (Å²) in [6.45, 7) is 2.67. The van der Waals surface area contributed by atoms with Crippen LogP contribution in [0.2, 0.25) is 0 Å². The maximum atomic E-state index is 12.4. The van der Waals surface area contributed by atoms with E-state index >= 15 is 0 Å². The van der Waals surface area contributed by atoms with E-state index in [1.54, 1.807) is 23.1 Å². The molecule has 2 rings (SSSR count). The van der Waals surface area contributed by atoms with Gasteiger partial charge in [0.05, 0.1) is 26.6 Å². The van der Waals surface area contributed by atoms with Crippen LogP contribution in [0.25, 0.3) is 0 Å². The van der Waals surface area contributed by atoms with Crippen molar-refractivity contribution in [3.8, 4) is 11.5 Å². The first kappa shape index (κ1) is 16.8. The predicted molar refractivity (Wildman–Crippen MR) is 85.4 cm³/mol. The van der Waals surface area contributed by atoms with E-state index in [0.29, 0.717) is 11.3 Å². The smallest absolute Gasteiger partial charge is 0.280 e. The maximum Gasteiger partial charge on any atom is 0.280 e. The molecule has 0 saturated heterocycles. The minimum absolute atomic E-state index is 0.0549. The number of aromatic nitrogens is 2. The van der Waals surface area contributed by atoms with Gasteiger partial charge in [-0.25, -0.2) is 0 Å². The Kier molecular flexibility index (Phi) is 5.22. The van der Waals surface area contributed by atoms with Crippen LogP contribution in [-0.4, -0.2) is 38.6 Å². The van der Waals surface area contributed by atoms with Gasteiger partial charge in [0, 0.05) is 24.4 Å². The number of benzene rings is 1. The topological polar surface area (TPSA) is 94.8 Å². The molecule has 1 N–H and O–H groups in total. The highest BCUT2D eigenvalue weighted by Gasteiger charge is 2.19. The average molecular weight is 338 g/mol. The Balaban J connectivity index is 2.21. The van der Waals surface area contributed by atoms with E-state index in [0.717, 1.165) is 6.54 Å². The molecule has 1 aromatic carbocycles. The molecule has 8 nitrogen and oxygen atoms in total. The molecular weight excluding hydrogens is 320 g/mol. The van der Waals surface area contributed by atoms with E-state index in [-0.39, 0.29) is 10.6 Å². The van der Waals surface area contributed by atoms with Crippen LogP contribution >= 0.6 is 0 Å². The molecule has 0 aliphatic carbocycles. The summed E-state index contributed by atoms with van der Waals surface area (Å²) in [4.78, 5) is 2.09. The zero-order valence-corrected chi connectivity index (χ0v) is 13.9. The maximum absolute atomic E-state index is 12.4. The number of aryl methyl sites for hydroxylation is 1. The Hall–Kier alpha value is -2.55. The number of nitrogens with zero attached hydrogens (tertiary/aromatic N) is 3. The van der Waals surface area contributed by atoms with Crippen LogP contribution in [0.3, 0.4) is 0 Å². The van der Waals surface area contributed by atoms with Gasteiger partial charge in [-0.05, 0) is 19.1 Å². The fraction of sp³-hybridized carbons (Fsp3) is 0.286. The summed E-state index contributed by atoms with van der Waals surface area (Å²) in [5, 5.41) is 7.83. The third-order valence-corrected chi connectivity index (χ3v) is 4.27. The molecule has 0 atom stereocenters. The summed E-state index contributed by atoms with van der Waals surface area (Å²) < 4.78 is 36.5. The molecule has 23 heavy (non-hydrogen) atoms. The second-order valence-corrected chi connectivity index (χ2v) is 6.13. The molecule has 0 bridgehead atoms. The van der Waals surface area contributed by atoms with E-state index in [1.807, 2.05) is 6.92 Å². The molecule has 0 aliphatic heterocycles. The number of ether oxygens (including phenoxy) is 2. The fourth-order valence-corrected chi connectivity index (χ4v) is 2.81. The Bertz CT molecular complexity index is 799. The van der Waals surface area contributed by atoms with E-state index in [1.165, 1.54) is 32.6 Å². The van der Waals surface area contributed by atoms with Crippen molar-refractivity contribution < 1.29 is 17.9 Å². The van der Waals surface area contributed by atoms with Crippen LogP contribution in [0.15, 0.2) is 40.6 Å². The van der Waals surface area contributed by atoms with Crippen LogP contribution in [0, 0.1) is 0 Å². The first-order valence-corrected chi connectivity index (χ1v) is 8.28. The first-order valence-electron chi connectivity index (χ1n) is 6.79. The molecule has 0 amide bonds. The van der Waals surface area contributed by atoms with Crippen molar-refractivity contribution in [3.05, 3.63) is 36.2 Å². The molecule has 1 aromatic heterocycles. The highest BCUT2D eigenvalue weighted by Crippen LogP contribution is 2.27. The quantitative estimate of drug-likeness (QED) is 0.605. The van der Waals surface area contributed by atoms with Crippen molar-refractivity contribution in [1.29, 1.82) is 0 Å². The predicted octanol–water partition coefficient (Wildman–Crippen LogP) is 1.23. The van der Waals surface area contributed by atoms with Gasteiger partial charge in [-0.3, -0.25) is 4.68 Å². The van der Waals surface area contributed by atoms with Crippen LogP contribution in [0.1, 0.15) is 12.5 Å². The molecule has 2 aromatic rings. The Morgan fingerprint density at radius 2 is 2.13 bits per heavy atom. The average Bonchev–Trinajstić information content (AvgIpc) is 3.02. The minimum Gasteiger partial charge on any atom is -0.497 e. The molecule has 0 fully saturated rings. The molecule has 0 saturated carbocycles. The number of sulfonamides is 1. The standard InChI is InChI=1S/C14H18N4O4S/c1-4-18-10-11(9-16-18)8-15-17-23(19,20)14-7-12(21-2)5-6-13(14)22-3/h5-10,17H,4H2,1-3H3/b15-8-. The summed E-state index contributed by atoms with van der Waals surface area (Å²) in [6.07, 6.45) is 4.72. The number of hydrogen-bond acceptors (Lipinski definition) is 6. The summed E-state index contributed by atoms with van der Waals surface area (Å²) in [6, 6.07) is 4.49. The van der Waals surface area contributed by atoms with E-state index in [2.05, 4.69) is 15.0 Å². The molecule has 1 heterocycles. The Labute approximate surface area is 134 Å². The van der Waals surface area contributed by atoms with Crippen molar-refractivity contribution in [2.45, 2.75) is 18.4 Å². The van der Waals surface area contributed by atoms with Crippen LogP contribution < -0.4 is 14.3 Å². The molecule has 0 aliphatic rings. The zero-order chi connectivity index (χ0) is 16.9. The van der Waals surface area contributed by atoms with Gasteiger partial charge < -0.3 is 9.47 Å². The van der Waals surface area contributed by atoms with Gasteiger partial charge in [-0.15, -0.1) is 0 Å². The summed E-state index contributed by atoms with van der Waals surface area (Å²) in [5.41, 5.74) is 0.687. The third kappa shape index (κ3) is 4.01. The largest absolute Gasteiger partial charge is 0.497 e. The second kappa shape index (κ2) is 7.14. The summed E-state index contributed by atoms with van der Waals surface area (Å²) >= 11 is 0. The monoisotopic (exact) mass is 338 g/mol. The van der Waals surface area contributed by atoms with Gasteiger partial charge in [0.2, 0.25) is 0 Å². The van der Waals surface area contributed by atoms with Crippen molar-refractivity contribution in [2.24, 2.45) is 5.10 Å². The molecule has 124 valence electrons. The van der Waals surface area contributed by atoms with Gasteiger partial charge in [-0.1, -0.05) is 0 Å². The van der Waals surface area contributed by atoms with Crippen molar-refractivity contribution >= 4 is 16.2 Å². The van der Waals surface area contributed by atoms with Crippen molar-refractivity contribution in [1.82, 2.24) is 14.6 Å². The van der Waals surface area contributed by atoms with Gasteiger partial charge in [0.25, 0.3) is 10.0 Å². The lowest BCUT2D eigenvalue weighted by atomic mass is 10.3. The number of nitrogens with one attached hydrogen (secondary N) is 1. The summed E-state index contributed by atoms with van der Waals surface area (Å²) in [5.74, 6) is 0.603. The van der Waals surface area contributed by atoms with E-state index in [9.17, 15) is 8.42 Å². The van der Waals surface area contributed by atoms with Crippen LogP contribution in [0.5, 0.6) is 11.5 Å². The fourth-order valence-electron chi connectivity index (χ4n) is 1.83. The second-order valence-electron chi connectivity index (χ2n) is 4.50. The van der Waals surface area contributed by atoms with E-state index < -0.39 is 10.0 Å². The SMILES string of the molecule is CCn1cc(/C=N\NS(=O)(=O)c2cc(OC)ccc2OC)cn1. The lowest BCUT2D eigenvalue weighted by molar-refractivity contribution is 0.392. The number of hydrogen-bond donors (Lipinski definition) is 1. The van der Waals surface area contributed by atoms with Gasteiger partial charge in [0.1, 0.15) is 16.4 Å². The zero-order valence-electron chi connectivity index (χ0n) is 13.1. The number of methoxy groups -OCH3 is 2. The highest BCUT2D eigenvalue weighted by molar-refractivity contribution is 7.89. The minimum atomic E-state index is -3.88. The Morgan fingerprint density at radius 1 is 1.35 bits per heavy atom. The third-order valence-electron chi connectivity index (χ3n) is 3.02. The van der Waals surface area contributed by atoms with E-state index in [4.69, 9.17) is 9.47 Å². The lowest BCUT2D eigenvalue weighted by Crippen LogP contribution is -2.19. The van der Waals surface area contributed by atoms with Crippen LogP contribution in [0.4, 0.5) is 0 Å². The summed E-state index contributed by atoms with van der Waals surface area (Å²) in [7, 11) is -1.04. The Morgan fingerprint density at radius 3 is 2.74 bits per heavy atom. The highest BCUT2D eigenvalue weighted by atomic mass is 32.2. The number of rotatable bonds is 7. The van der Waals surface area contributed by atoms with Gasteiger partial charge in [0.15, 0.2) is 0 Å². The normalized spacial score (nSPS) is 11.6. The van der Waals surface area contributed by atoms with Crippen molar-refractivity contribution in [3.63, 3.8) is 0 Å².